The van der Waals surface area contributed by atoms with Crippen LogP contribution in [0.5, 0.6) is 0 Å². The summed E-state index contributed by atoms with van der Waals surface area (Å²) in [6, 6.07) is 15.2. The maximum absolute atomic E-state index is 13.0. The number of alkyl halides is 3. The number of nitrogens with zero attached hydrogens (tertiary/aromatic N) is 1. The topological polar surface area (TPSA) is 20.3 Å². The molecule has 2 aromatic carbocycles. The number of carbonyl (C=O) groups excluding carboxylic acids is 1. The van der Waals surface area contributed by atoms with Gasteiger partial charge in [-0.25, -0.2) is 0 Å². The molecule has 0 unspecified atom stereocenters. The van der Waals surface area contributed by atoms with E-state index in [1.54, 1.807) is 6.07 Å². The van der Waals surface area contributed by atoms with E-state index < -0.39 is 17.2 Å². The maximum atomic E-state index is 13.0. The molecule has 0 amide bonds. The highest BCUT2D eigenvalue weighted by Crippen LogP contribution is 2.37. The number of hydrogen-bond donors (Lipinski definition) is 0. The van der Waals surface area contributed by atoms with Crippen molar-refractivity contribution in [1.29, 1.82) is 0 Å². The summed E-state index contributed by atoms with van der Waals surface area (Å²) in [5, 5.41) is 0. The van der Waals surface area contributed by atoms with Gasteiger partial charge in [0.15, 0.2) is 0 Å². The zero-order valence-electron chi connectivity index (χ0n) is 13.8. The van der Waals surface area contributed by atoms with Crippen LogP contribution in [0.1, 0.15) is 29.5 Å². The van der Waals surface area contributed by atoms with Gasteiger partial charge in [-0.3, -0.25) is 4.90 Å². The monoisotopic (exact) mass is 347 g/mol. The van der Waals surface area contributed by atoms with E-state index in [2.05, 4.69) is 4.90 Å². The summed E-state index contributed by atoms with van der Waals surface area (Å²) in [5.74, 6) is 0. The summed E-state index contributed by atoms with van der Waals surface area (Å²) in [7, 11) is 0. The van der Waals surface area contributed by atoms with Gasteiger partial charge >= 0.3 is 6.18 Å². The van der Waals surface area contributed by atoms with E-state index in [9.17, 15) is 18.0 Å². The number of aldehydes is 1. The first-order valence-electron chi connectivity index (χ1n) is 8.33. The Balaban J connectivity index is 1.74. The van der Waals surface area contributed by atoms with Crippen molar-refractivity contribution in [1.82, 2.24) is 4.90 Å². The molecule has 2 aromatic rings. The van der Waals surface area contributed by atoms with E-state index in [0.29, 0.717) is 31.5 Å². The van der Waals surface area contributed by atoms with Crippen LogP contribution in [0, 0.1) is 0 Å². The summed E-state index contributed by atoms with van der Waals surface area (Å²) >= 11 is 0. The minimum absolute atomic E-state index is 0.469. The second kappa shape index (κ2) is 7.00. The fourth-order valence-electron chi connectivity index (χ4n) is 3.43. The largest absolute Gasteiger partial charge is 0.416 e. The van der Waals surface area contributed by atoms with Crippen LogP contribution in [0.25, 0.3) is 0 Å². The van der Waals surface area contributed by atoms with Crippen LogP contribution in [0.3, 0.4) is 0 Å². The average molecular weight is 347 g/mol. The molecule has 0 N–H and O–H groups in total. The van der Waals surface area contributed by atoms with Crippen molar-refractivity contribution in [2.45, 2.75) is 31.0 Å². The molecule has 1 saturated heterocycles. The van der Waals surface area contributed by atoms with Gasteiger partial charge in [0.1, 0.15) is 6.29 Å². The van der Waals surface area contributed by atoms with E-state index in [1.165, 1.54) is 11.6 Å². The summed E-state index contributed by atoms with van der Waals surface area (Å²) in [6.07, 6.45) is -2.49. The van der Waals surface area contributed by atoms with Crippen LogP contribution < -0.4 is 0 Å². The quantitative estimate of drug-likeness (QED) is 0.762. The first-order valence-corrected chi connectivity index (χ1v) is 8.33. The fraction of sp³-hybridized carbons (Fsp3) is 0.350. The standard InChI is InChI=1S/C20H20F3NO/c21-20(22,23)18-8-4-7-17(13-18)19(15-25)9-11-24(12-10-19)14-16-5-2-1-3-6-16/h1-8,13,15H,9-12,14H2. The van der Waals surface area contributed by atoms with Gasteiger partial charge in [0, 0.05) is 6.54 Å². The molecule has 0 aliphatic carbocycles. The lowest BCUT2D eigenvalue weighted by Gasteiger charge is -2.38. The van der Waals surface area contributed by atoms with Crippen molar-refractivity contribution < 1.29 is 18.0 Å². The summed E-state index contributed by atoms with van der Waals surface area (Å²) in [6.45, 7) is 2.16. The van der Waals surface area contributed by atoms with Gasteiger partial charge in [-0.2, -0.15) is 13.2 Å². The first kappa shape index (κ1) is 17.7. The Kier molecular flexibility index (Phi) is 4.95. The molecule has 1 heterocycles. The molecule has 1 aliphatic heterocycles. The Morgan fingerprint density at radius 3 is 2.28 bits per heavy atom. The van der Waals surface area contributed by atoms with Crippen LogP contribution in [0.15, 0.2) is 54.6 Å². The smallest absolute Gasteiger partial charge is 0.302 e. The highest BCUT2D eigenvalue weighted by Gasteiger charge is 2.38. The molecule has 0 atom stereocenters. The molecule has 132 valence electrons. The predicted molar refractivity (Wildman–Crippen MR) is 90.1 cm³/mol. The number of benzene rings is 2. The van der Waals surface area contributed by atoms with Crippen LogP contribution in [0.2, 0.25) is 0 Å². The molecule has 0 radical (unpaired) electrons. The van der Waals surface area contributed by atoms with Gasteiger partial charge in [0.05, 0.1) is 11.0 Å². The fourth-order valence-corrected chi connectivity index (χ4v) is 3.43. The lowest BCUT2D eigenvalue weighted by Crippen LogP contribution is -2.43. The number of carbonyl (C=O) groups is 1. The second-order valence-electron chi connectivity index (χ2n) is 6.61. The minimum Gasteiger partial charge on any atom is -0.302 e. The lowest BCUT2D eigenvalue weighted by atomic mass is 9.73. The van der Waals surface area contributed by atoms with Gasteiger partial charge in [0.2, 0.25) is 0 Å². The molecule has 2 nitrogen and oxygen atoms in total. The number of piperidine rings is 1. The molecule has 1 fully saturated rings. The molecule has 3 rings (SSSR count). The number of rotatable bonds is 4. The maximum Gasteiger partial charge on any atom is 0.416 e. The molecule has 25 heavy (non-hydrogen) atoms. The molecule has 0 aromatic heterocycles. The van der Waals surface area contributed by atoms with Gasteiger partial charge in [-0.1, -0.05) is 48.5 Å². The van der Waals surface area contributed by atoms with Crippen LogP contribution in [-0.4, -0.2) is 24.3 Å². The van der Waals surface area contributed by atoms with Gasteiger partial charge < -0.3 is 4.79 Å². The normalized spacial score (nSPS) is 18.0. The van der Waals surface area contributed by atoms with Gasteiger partial charge in [0.25, 0.3) is 0 Å². The van der Waals surface area contributed by atoms with Crippen molar-refractivity contribution in [2.24, 2.45) is 0 Å². The molecular formula is C20H20F3NO. The van der Waals surface area contributed by atoms with Crippen molar-refractivity contribution in [3.63, 3.8) is 0 Å². The number of halogens is 3. The molecule has 1 aliphatic rings. The third-order valence-corrected chi connectivity index (χ3v) is 4.99. The van der Waals surface area contributed by atoms with Gasteiger partial charge in [-0.15, -0.1) is 0 Å². The SMILES string of the molecule is O=CC1(c2cccc(C(F)(F)F)c2)CCN(Cc2ccccc2)CC1. The second-order valence-corrected chi connectivity index (χ2v) is 6.61. The zero-order valence-corrected chi connectivity index (χ0v) is 13.8. The third kappa shape index (κ3) is 3.93. The van der Waals surface area contributed by atoms with E-state index >= 15 is 0 Å². The van der Waals surface area contributed by atoms with Crippen molar-refractivity contribution in [3.8, 4) is 0 Å². The lowest BCUT2D eigenvalue weighted by molar-refractivity contribution is -0.137. The van der Waals surface area contributed by atoms with Crippen molar-refractivity contribution in [3.05, 3.63) is 71.3 Å². The third-order valence-electron chi connectivity index (χ3n) is 4.99. The molecule has 0 spiro atoms. The Labute approximate surface area is 145 Å². The number of likely N-dealkylation sites (tertiary alicyclic amines) is 1. The van der Waals surface area contributed by atoms with Crippen molar-refractivity contribution in [2.75, 3.05) is 13.1 Å². The van der Waals surface area contributed by atoms with Crippen LogP contribution in [0.4, 0.5) is 13.2 Å². The number of hydrogen-bond acceptors (Lipinski definition) is 2. The van der Waals surface area contributed by atoms with Gasteiger partial charge in [-0.05, 0) is 43.1 Å². The summed E-state index contributed by atoms with van der Waals surface area (Å²) < 4.78 is 38.9. The predicted octanol–water partition coefficient (Wildman–Crippen LogP) is 4.44. The minimum atomic E-state index is -4.39. The van der Waals surface area contributed by atoms with Crippen molar-refractivity contribution >= 4 is 6.29 Å². The highest BCUT2D eigenvalue weighted by atomic mass is 19.4. The Bertz CT molecular complexity index is 719. The molecule has 0 bridgehead atoms. The Morgan fingerprint density at radius 1 is 1.00 bits per heavy atom. The molecular weight excluding hydrogens is 327 g/mol. The van der Waals surface area contributed by atoms with E-state index in [-0.39, 0.29) is 0 Å². The highest BCUT2D eigenvalue weighted by molar-refractivity contribution is 5.69. The molecule has 0 saturated carbocycles. The van der Waals surface area contributed by atoms with Crippen LogP contribution in [-0.2, 0) is 22.9 Å². The van der Waals surface area contributed by atoms with E-state index in [1.807, 2.05) is 30.3 Å². The summed E-state index contributed by atoms with van der Waals surface area (Å²) in [5.41, 5.74) is 0.142. The Hall–Kier alpha value is -2.14. The van der Waals surface area contributed by atoms with E-state index in [0.717, 1.165) is 25.0 Å². The van der Waals surface area contributed by atoms with E-state index in [4.69, 9.17) is 0 Å². The molecule has 5 heteroatoms. The summed E-state index contributed by atoms with van der Waals surface area (Å²) in [4.78, 5) is 14.0. The van der Waals surface area contributed by atoms with Crippen LogP contribution >= 0.6 is 0 Å². The zero-order chi connectivity index (χ0) is 17.9. The Morgan fingerprint density at radius 2 is 1.68 bits per heavy atom. The average Bonchev–Trinajstić information content (AvgIpc) is 2.63. The first-order chi connectivity index (χ1) is 11.9.